The summed E-state index contributed by atoms with van der Waals surface area (Å²) in [5, 5.41) is 4.38. The van der Waals surface area contributed by atoms with Gasteiger partial charge in [0.05, 0.1) is 11.1 Å². The topological polar surface area (TPSA) is 35.3 Å². The Morgan fingerprint density at radius 3 is 2.88 bits per heavy atom. The van der Waals surface area contributed by atoms with Gasteiger partial charge in [0.1, 0.15) is 18.1 Å². The smallest absolute Gasteiger partial charge is 0.177 e. The molecule has 120 valence electrons. The molecule has 1 aliphatic rings. The molecule has 24 heavy (non-hydrogen) atoms. The van der Waals surface area contributed by atoms with E-state index in [0.717, 1.165) is 52.3 Å². The first kappa shape index (κ1) is 14.8. The summed E-state index contributed by atoms with van der Waals surface area (Å²) in [5.74, 6) is 1.64. The van der Waals surface area contributed by atoms with Crippen LogP contribution in [0.15, 0.2) is 53.6 Å². The van der Waals surface area contributed by atoms with Crippen LogP contribution in [0.2, 0.25) is 0 Å². The standard InChI is InChI=1S/C21H19NO2/c1-3-7-15-8-5-6-9-16(15)20-18-13-23-19-12-14(4-2)10-11-17(19)21(18)24-22-20/h4-6,8-12H,2-3,7,13H2,1H3. The lowest BCUT2D eigenvalue weighted by Gasteiger charge is -2.17. The molecule has 0 saturated carbocycles. The summed E-state index contributed by atoms with van der Waals surface area (Å²) >= 11 is 0. The highest BCUT2D eigenvalue weighted by molar-refractivity contribution is 5.79. The van der Waals surface area contributed by atoms with Crippen molar-refractivity contribution in [1.29, 1.82) is 0 Å². The number of ether oxygens (including phenoxy) is 1. The molecule has 0 amide bonds. The Balaban J connectivity index is 1.83. The summed E-state index contributed by atoms with van der Waals surface area (Å²) in [5.41, 5.74) is 6.34. The fourth-order valence-electron chi connectivity index (χ4n) is 3.23. The van der Waals surface area contributed by atoms with E-state index in [-0.39, 0.29) is 0 Å². The summed E-state index contributed by atoms with van der Waals surface area (Å²) in [6.07, 6.45) is 3.94. The zero-order chi connectivity index (χ0) is 16.5. The molecule has 3 heteroatoms. The minimum atomic E-state index is 0.474. The van der Waals surface area contributed by atoms with Gasteiger partial charge < -0.3 is 9.26 Å². The Kier molecular flexibility index (Phi) is 3.69. The molecule has 0 radical (unpaired) electrons. The van der Waals surface area contributed by atoms with E-state index < -0.39 is 0 Å². The minimum absolute atomic E-state index is 0.474. The highest BCUT2D eigenvalue weighted by Gasteiger charge is 2.27. The molecule has 0 spiro atoms. The van der Waals surface area contributed by atoms with Gasteiger partial charge in [-0.2, -0.15) is 0 Å². The van der Waals surface area contributed by atoms with Gasteiger partial charge in [-0.25, -0.2) is 0 Å². The van der Waals surface area contributed by atoms with Crippen molar-refractivity contribution in [2.75, 3.05) is 0 Å². The van der Waals surface area contributed by atoms with Crippen molar-refractivity contribution in [1.82, 2.24) is 5.16 Å². The molecule has 0 unspecified atom stereocenters. The van der Waals surface area contributed by atoms with Crippen LogP contribution in [0.3, 0.4) is 0 Å². The lowest BCUT2D eigenvalue weighted by molar-refractivity contribution is 0.297. The van der Waals surface area contributed by atoms with Crippen molar-refractivity contribution >= 4 is 6.08 Å². The lowest BCUT2D eigenvalue weighted by atomic mass is 9.95. The van der Waals surface area contributed by atoms with Gasteiger partial charge >= 0.3 is 0 Å². The van der Waals surface area contributed by atoms with Crippen LogP contribution in [-0.4, -0.2) is 5.16 Å². The van der Waals surface area contributed by atoms with Gasteiger partial charge in [-0.1, -0.05) is 61.5 Å². The van der Waals surface area contributed by atoms with Crippen LogP contribution in [-0.2, 0) is 13.0 Å². The summed E-state index contributed by atoms with van der Waals surface area (Å²) in [6, 6.07) is 14.4. The largest absolute Gasteiger partial charge is 0.488 e. The number of aromatic nitrogens is 1. The lowest BCUT2D eigenvalue weighted by Crippen LogP contribution is -2.05. The Morgan fingerprint density at radius 1 is 1.17 bits per heavy atom. The van der Waals surface area contributed by atoms with Gasteiger partial charge in [-0.05, 0) is 29.7 Å². The van der Waals surface area contributed by atoms with Gasteiger partial charge in [-0.3, -0.25) is 0 Å². The second kappa shape index (κ2) is 6.00. The second-order valence-electron chi connectivity index (χ2n) is 5.99. The fraction of sp³-hybridized carbons (Fsp3) is 0.190. The molecule has 1 aromatic heterocycles. The van der Waals surface area contributed by atoms with Crippen molar-refractivity contribution in [2.45, 2.75) is 26.4 Å². The highest BCUT2D eigenvalue weighted by atomic mass is 16.5. The minimum Gasteiger partial charge on any atom is -0.488 e. The normalized spacial score (nSPS) is 12.2. The molecule has 4 rings (SSSR count). The Bertz CT molecular complexity index is 908. The summed E-state index contributed by atoms with van der Waals surface area (Å²) in [4.78, 5) is 0. The molecule has 0 N–H and O–H groups in total. The van der Waals surface area contributed by atoms with E-state index in [1.807, 2.05) is 30.3 Å². The molecule has 2 aromatic carbocycles. The number of aryl methyl sites for hydroxylation is 1. The molecule has 1 aliphatic heterocycles. The molecule has 0 aliphatic carbocycles. The van der Waals surface area contributed by atoms with Crippen LogP contribution in [0.25, 0.3) is 28.7 Å². The fourth-order valence-corrected chi connectivity index (χ4v) is 3.23. The van der Waals surface area contributed by atoms with Gasteiger partial charge in [-0.15, -0.1) is 0 Å². The molecule has 0 atom stereocenters. The number of hydrogen-bond acceptors (Lipinski definition) is 3. The van der Waals surface area contributed by atoms with E-state index in [1.165, 1.54) is 5.56 Å². The number of rotatable bonds is 4. The van der Waals surface area contributed by atoms with Crippen LogP contribution in [0, 0.1) is 0 Å². The van der Waals surface area contributed by atoms with Crippen molar-refractivity contribution < 1.29 is 9.26 Å². The molecule has 2 heterocycles. The van der Waals surface area contributed by atoms with Crippen LogP contribution in [0.4, 0.5) is 0 Å². The maximum Gasteiger partial charge on any atom is 0.177 e. The molecule has 3 aromatic rings. The first-order valence-electron chi connectivity index (χ1n) is 8.28. The third kappa shape index (κ3) is 2.33. The zero-order valence-electron chi connectivity index (χ0n) is 13.7. The quantitative estimate of drug-likeness (QED) is 0.637. The van der Waals surface area contributed by atoms with E-state index in [9.17, 15) is 0 Å². The van der Waals surface area contributed by atoms with E-state index >= 15 is 0 Å². The molecular formula is C21H19NO2. The van der Waals surface area contributed by atoms with E-state index in [4.69, 9.17) is 9.26 Å². The van der Waals surface area contributed by atoms with Gasteiger partial charge in [0.15, 0.2) is 5.76 Å². The maximum absolute atomic E-state index is 5.96. The van der Waals surface area contributed by atoms with Crippen molar-refractivity contribution in [3.63, 3.8) is 0 Å². The Hall–Kier alpha value is -2.81. The third-order valence-corrected chi connectivity index (χ3v) is 4.44. The average Bonchev–Trinajstić information content (AvgIpc) is 3.06. The van der Waals surface area contributed by atoms with Crippen LogP contribution < -0.4 is 4.74 Å². The van der Waals surface area contributed by atoms with Crippen LogP contribution in [0.5, 0.6) is 5.75 Å². The Labute approximate surface area is 141 Å². The number of fused-ring (bicyclic) bond motifs is 3. The Morgan fingerprint density at radius 2 is 2.04 bits per heavy atom. The molecule has 3 nitrogen and oxygen atoms in total. The van der Waals surface area contributed by atoms with Gasteiger partial charge in [0, 0.05) is 5.56 Å². The van der Waals surface area contributed by atoms with Crippen LogP contribution in [0.1, 0.15) is 30.0 Å². The number of nitrogens with zero attached hydrogens (tertiary/aromatic N) is 1. The third-order valence-electron chi connectivity index (χ3n) is 4.44. The zero-order valence-corrected chi connectivity index (χ0v) is 13.7. The number of hydrogen-bond donors (Lipinski definition) is 0. The monoisotopic (exact) mass is 317 g/mol. The predicted molar refractivity (Wildman–Crippen MR) is 95.8 cm³/mol. The molecule has 0 saturated heterocycles. The average molecular weight is 317 g/mol. The van der Waals surface area contributed by atoms with Crippen LogP contribution >= 0.6 is 0 Å². The molecular weight excluding hydrogens is 298 g/mol. The second-order valence-corrected chi connectivity index (χ2v) is 5.99. The van der Waals surface area contributed by atoms with Crippen molar-refractivity contribution in [3.05, 3.63) is 65.7 Å². The van der Waals surface area contributed by atoms with Crippen molar-refractivity contribution in [3.8, 4) is 28.3 Å². The number of benzene rings is 2. The van der Waals surface area contributed by atoms with Gasteiger partial charge in [0.2, 0.25) is 0 Å². The van der Waals surface area contributed by atoms with Gasteiger partial charge in [0.25, 0.3) is 0 Å². The predicted octanol–water partition coefficient (Wildman–Crippen LogP) is 5.50. The molecule has 0 bridgehead atoms. The van der Waals surface area contributed by atoms with E-state index in [1.54, 1.807) is 0 Å². The molecule has 0 fully saturated rings. The first-order valence-corrected chi connectivity index (χ1v) is 8.28. The summed E-state index contributed by atoms with van der Waals surface area (Å²) in [6.45, 7) is 6.46. The van der Waals surface area contributed by atoms with Crippen molar-refractivity contribution in [2.24, 2.45) is 0 Å². The van der Waals surface area contributed by atoms with E-state index in [2.05, 4.69) is 36.9 Å². The SMILES string of the molecule is C=Cc1ccc2c(c1)OCc1c(-c3ccccc3CCC)noc1-2. The van der Waals surface area contributed by atoms with E-state index in [0.29, 0.717) is 6.61 Å². The maximum atomic E-state index is 5.96. The highest BCUT2D eigenvalue weighted by Crippen LogP contribution is 2.42. The summed E-state index contributed by atoms with van der Waals surface area (Å²) in [7, 11) is 0. The summed E-state index contributed by atoms with van der Waals surface area (Å²) < 4.78 is 11.7. The first-order chi connectivity index (χ1) is 11.8.